The number of hydrogen-bond donors (Lipinski definition) is 3. The quantitative estimate of drug-likeness (QED) is 0.791. The zero-order valence-electron chi connectivity index (χ0n) is 12.3. The molecule has 0 spiro atoms. The number of halogens is 1. The zero-order valence-corrected chi connectivity index (χ0v) is 12.3. The molecule has 0 radical (unpaired) electrons. The van der Waals surface area contributed by atoms with Crippen LogP contribution in [0.3, 0.4) is 0 Å². The van der Waals surface area contributed by atoms with Gasteiger partial charge in [-0.25, -0.2) is 4.39 Å². The molecule has 1 aromatic rings. The Bertz CT molecular complexity index is 605. The van der Waals surface area contributed by atoms with E-state index in [0.717, 1.165) is 19.3 Å². The summed E-state index contributed by atoms with van der Waals surface area (Å²) in [6, 6.07) is 4.22. The Morgan fingerprint density at radius 1 is 1.41 bits per heavy atom. The molecule has 22 heavy (non-hydrogen) atoms. The van der Waals surface area contributed by atoms with Crippen LogP contribution in [-0.4, -0.2) is 24.4 Å². The molecular formula is C16H20FN3O2. The largest absolute Gasteiger partial charge is 0.353 e. The summed E-state index contributed by atoms with van der Waals surface area (Å²) >= 11 is 0. The molecule has 1 heterocycles. The third kappa shape index (κ3) is 2.83. The van der Waals surface area contributed by atoms with Crippen molar-refractivity contribution in [3.8, 4) is 0 Å². The monoisotopic (exact) mass is 305 g/mol. The van der Waals surface area contributed by atoms with Crippen molar-refractivity contribution in [3.63, 3.8) is 0 Å². The van der Waals surface area contributed by atoms with Gasteiger partial charge in [0.1, 0.15) is 5.82 Å². The van der Waals surface area contributed by atoms with Crippen LogP contribution < -0.4 is 16.4 Å². The number of amides is 2. The first kappa shape index (κ1) is 15.0. The van der Waals surface area contributed by atoms with Gasteiger partial charge >= 0.3 is 0 Å². The van der Waals surface area contributed by atoms with Gasteiger partial charge < -0.3 is 16.4 Å². The topological polar surface area (TPSA) is 84.2 Å². The fourth-order valence-electron chi connectivity index (χ4n) is 3.46. The summed E-state index contributed by atoms with van der Waals surface area (Å²) in [4.78, 5) is 24.4. The van der Waals surface area contributed by atoms with Gasteiger partial charge in [-0.2, -0.15) is 0 Å². The fraction of sp³-hybridized carbons (Fsp3) is 0.500. The molecule has 2 amide bonds. The van der Waals surface area contributed by atoms with Crippen molar-refractivity contribution in [1.82, 2.24) is 5.32 Å². The molecule has 3 atom stereocenters. The number of anilines is 1. The smallest absolute Gasteiger partial charge is 0.228 e. The van der Waals surface area contributed by atoms with E-state index in [1.54, 1.807) is 6.07 Å². The molecule has 3 unspecified atom stereocenters. The SMILES string of the molecule is NCC1CCCC1NC(=O)C1CC(=O)Nc2cc(F)ccc21. The van der Waals surface area contributed by atoms with Crippen molar-refractivity contribution >= 4 is 17.5 Å². The van der Waals surface area contributed by atoms with Crippen LogP contribution in [-0.2, 0) is 9.59 Å². The Morgan fingerprint density at radius 3 is 3.00 bits per heavy atom. The summed E-state index contributed by atoms with van der Waals surface area (Å²) in [5, 5.41) is 5.65. The second kappa shape index (κ2) is 6.04. The predicted molar refractivity (Wildman–Crippen MR) is 80.7 cm³/mol. The predicted octanol–water partition coefficient (Wildman–Crippen LogP) is 1.50. The van der Waals surface area contributed by atoms with E-state index in [-0.39, 0.29) is 24.3 Å². The van der Waals surface area contributed by atoms with Crippen LogP contribution in [0.1, 0.15) is 37.2 Å². The molecule has 0 saturated heterocycles. The number of nitrogens with two attached hydrogens (primary N) is 1. The lowest BCUT2D eigenvalue weighted by molar-refractivity contribution is -0.127. The molecule has 3 rings (SSSR count). The molecule has 1 fully saturated rings. The molecule has 118 valence electrons. The summed E-state index contributed by atoms with van der Waals surface area (Å²) < 4.78 is 13.3. The number of hydrogen-bond acceptors (Lipinski definition) is 3. The maximum absolute atomic E-state index is 13.3. The van der Waals surface area contributed by atoms with E-state index in [4.69, 9.17) is 5.73 Å². The number of carbonyl (C=O) groups is 2. The van der Waals surface area contributed by atoms with E-state index in [1.165, 1.54) is 12.1 Å². The van der Waals surface area contributed by atoms with Gasteiger partial charge in [-0.3, -0.25) is 9.59 Å². The summed E-state index contributed by atoms with van der Waals surface area (Å²) in [7, 11) is 0. The third-order valence-corrected chi connectivity index (χ3v) is 4.66. The van der Waals surface area contributed by atoms with Crippen LogP contribution in [0.25, 0.3) is 0 Å². The summed E-state index contributed by atoms with van der Waals surface area (Å²) in [6.07, 6.45) is 3.08. The van der Waals surface area contributed by atoms with Crippen molar-refractivity contribution in [2.24, 2.45) is 11.7 Å². The normalized spacial score (nSPS) is 27.2. The van der Waals surface area contributed by atoms with Gasteiger partial charge in [0.15, 0.2) is 0 Å². The summed E-state index contributed by atoms with van der Waals surface area (Å²) in [5.74, 6) is -1.13. The van der Waals surface area contributed by atoms with Crippen LogP contribution in [0.15, 0.2) is 18.2 Å². The molecule has 1 aliphatic heterocycles. The second-order valence-electron chi connectivity index (χ2n) is 6.08. The van der Waals surface area contributed by atoms with Crippen LogP contribution in [0, 0.1) is 11.7 Å². The Morgan fingerprint density at radius 2 is 2.23 bits per heavy atom. The number of carbonyl (C=O) groups excluding carboxylic acids is 2. The zero-order chi connectivity index (χ0) is 15.7. The molecule has 4 N–H and O–H groups in total. The first-order valence-electron chi connectivity index (χ1n) is 7.68. The van der Waals surface area contributed by atoms with Gasteiger partial charge in [-0.15, -0.1) is 0 Å². The van der Waals surface area contributed by atoms with E-state index >= 15 is 0 Å². The molecule has 5 nitrogen and oxygen atoms in total. The van der Waals surface area contributed by atoms with Crippen LogP contribution >= 0.6 is 0 Å². The van der Waals surface area contributed by atoms with Gasteiger partial charge in [-0.05, 0) is 43.0 Å². The number of benzene rings is 1. The standard InChI is InChI=1S/C16H20FN3O2/c17-10-4-5-11-12(7-15(21)19-14(11)6-10)16(22)20-13-3-1-2-9(13)8-18/h4-6,9,12-13H,1-3,7-8,18H2,(H,19,21)(H,20,22). The highest BCUT2D eigenvalue weighted by Gasteiger charge is 2.34. The molecule has 1 aliphatic carbocycles. The first-order valence-corrected chi connectivity index (χ1v) is 7.68. The number of nitrogens with one attached hydrogen (secondary N) is 2. The maximum Gasteiger partial charge on any atom is 0.228 e. The Hall–Kier alpha value is -1.95. The minimum Gasteiger partial charge on any atom is -0.353 e. The highest BCUT2D eigenvalue weighted by molar-refractivity contribution is 6.01. The summed E-state index contributed by atoms with van der Waals surface area (Å²) in [5.41, 5.74) is 6.79. The van der Waals surface area contributed by atoms with E-state index in [0.29, 0.717) is 23.7 Å². The van der Waals surface area contributed by atoms with Gasteiger partial charge in [0.2, 0.25) is 11.8 Å². The third-order valence-electron chi connectivity index (χ3n) is 4.66. The lowest BCUT2D eigenvalue weighted by Crippen LogP contribution is -2.43. The average Bonchev–Trinajstić information content (AvgIpc) is 2.93. The van der Waals surface area contributed by atoms with Crippen molar-refractivity contribution in [2.45, 2.75) is 37.6 Å². The van der Waals surface area contributed by atoms with Gasteiger partial charge in [0.05, 0.1) is 5.92 Å². The number of fused-ring (bicyclic) bond motifs is 1. The molecule has 0 aromatic heterocycles. The highest BCUT2D eigenvalue weighted by atomic mass is 19.1. The lowest BCUT2D eigenvalue weighted by Gasteiger charge is -2.27. The van der Waals surface area contributed by atoms with Crippen molar-refractivity contribution < 1.29 is 14.0 Å². The van der Waals surface area contributed by atoms with Crippen LogP contribution in [0.4, 0.5) is 10.1 Å². The van der Waals surface area contributed by atoms with Crippen LogP contribution in [0.5, 0.6) is 0 Å². The first-order chi connectivity index (χ1) is 10.6. The van der Waals surface area contributed by atoms with Gasteiger partial charge in [0, 0.05) is 18.2 Å². The maximum atomic E-state index is 13.3. The van der Waals surface area contributed by atoms with E-state index in [1.807, 2.05) is 0 Å². The van der Waals surface area contributed by atoms with Crippen molar-refractivity contribution in [2.75, 3.05) is 11.9 Å². The van der Waals surface area contributed by atoms with E-state index in [2.05, 4.69) is 10.6 Å². The highest BCUT2D eigenvalue weighted by Crippen LogP contribution is 2.34. The van der Waals surface area contributed by atoms with Crippen molar-refractivity contribution in [1.29, 1.82) is 0 Å². The van der Waals surface area contributed by atoms with E-state index in [9.17, 15) is 14.0 Å². The minimum atomic E-state index is -0.566. The lowest BCUT2D eigenvalue weighted by atomic mass is 9.89. The molecule has 6 heteroatoms. The second-order valence-corrected chi connectivity index (χ2v) is 6.08. The molecule has 1 saturated carbocycles. The van der Waals surface area contributed by atoms with E-state index < -0.39 is 11.7 Å². The molecule has 1 aromatic carbocycles. The summed E-state index contributed by atoms with van der Waals surface area (Å²) in [6.45, 7) is 0.553. The van der Waals surface area contributed by atoms with Gasteiger partial charge in [0.25, 0.3) is 0 Å². The average molecular weight is 305 g/mol. The number of rotatable bonds is 3. The Labute approximate surface area is 128 Å². The van der Waals surface area contributed by atoms with Gasteiger partial charge in [-0.1, -0.05) is 12.5 Å². The fourth-order valence-corrected chi connectivity index (χ4v) is 3.46. The van der Waals surface area contributed by atoms with Crippen molar-refractivity contribution in [3.05, 3.63) is 29.6 Å². The Balaban J connectivity index is 1.79. The minimum absolute atomic E-state index is 0.0754. The molecular weight excluding hydrogens is 285 g/mol. The molecule has 2 aliphatic rings. The molecule has 0 bridgehead atoms. The Kier molecular flexibility index (Phi) is 4.11. The van der Waals surface area contributed by atoms with Crippen LogP contribution in [0.2, 0.25) is 0 Å².